The summed E-state index contributed by atoms with van der Waals surface area (Å²) in [6.45, 7) is -0.0341. The number of carbonyl (C=O) groups excluding carboxylic acids is 2. The van der Waals surface area contributed by atoms with Gasteiger partial charge in [-0.1, -0.05) is 46.6 Å². The number of fused-ring (bicyclic) bond motifs is 1. The van der Waals surface area contributed by atoms with Gasteiger partial charge in [-0.2, -0.15) is 0 Å². The number of para-hydroxylation sites is 1. The van der Waals surface area contributed by atoms with Crippen LogP contribution in [-0.4, -0.2) is 35.6 Å². The Hall–Kier alpha value is -2.57. The highest BCUT2D eigenvalue weighted by Gasteiger charge is 2.16. The molecule has 0 aliphatic heterocycles. The lowest BCUT2D eigenvalue weighted by Crippen LogP contribution is -2.31. The Balaban J connectivity index is 1.51. The van der Waals surface area contributed by atoms with Crippen molar-refractivity contribution in [2.24, 2.45) is 0 Å². The lowest BCUT2D eigenvalue weighted by Gasteiger charge is -2.17. The molecule has 1 amide bonds. The van der Waals surface area contributed by atoms with E-state index in [0.717, 1.165) is 10.9 Å². The van der Waals surface area contributed by atoms with Crippen molar-refractivity contribution in [2.45, 2.75) is 13.0 Å². The number of nitrogens with zero attached hydrogens (tertiary/aromatic N) is 2. The lowest BCUT2D eigenvalue weighted by molar-refractivity contribution is -0.151. The van der Waals surface area contributed by atoms with Crippen molar-refractivity contribution in [1.82, 2.24) is 10.1 Å². The highest BCUT2D eigenvalue weighted by Crippen LogP contribution is 2.23. The van der Waals surface area contributed by atoms with Crippen LogP contribution in [0, 0.1) is 0 Å². The van der Waals surface area contributed by atoms with E-state index in [1.807, 2.05) is 18.2 Å². The van der Waals surface area contributed by atoms with E-state index in [1.165, 1.54) is 4.90 Å². The van der Waals surface area contributed by atoms with Crippen LogP contribution in [-0.2, 0) is 27.3 Å². The third kappa shape index (κ3) is 4.78. The van der Waals surface area contributed by atoms with Crippen LogP contribution in [0.2, 0.25) is 10.0 Å². The number of esters is 1. The Morgan fingerprint density at radius 1 is 1.15 bits per heavy atom. The number of aromatic nitrogens is 1. The molecule has 3 aromatic rings. The van der Waals surface area contributed by atoms with Crippen LogP contribution in [0.25, 0.3) is 11.0 Å². The van der Waals surface area contributed by atoms with Crippen molar-refractivity contribution in [3.05, 3.63) is 63.8 Å². The minimum atomic E-state index is -0.551. The number of likely N-dealkylation sites (N-methyl/N-ethyl adjacent to an activating group) is 1. The van der Waals surface area contributed by atoms with Gasteiger partial charge >= 0.3 is 5.97 Å². The SMILES string of the molecule is CN(Cc1ccc(Cl)c(Cl)c1)C(=O)COC(=O)Cc1noc2ccccc12. The van der Waals surface area contributed by atoms with Gasteiger partial charge in [0.2, 0.25) is 0 Å². The molecule has 0 unspecified atom stereocenters. The monoisotopic (exact) mass is 406 g/mol. The van der Waals surface area contributed by atoms with Crippen molar-refractivity contribution < 1.29 is 18.8 Å². The number of amides is 1. The fraction of sp³-hybridized carbons (Fsp3) is 0.211. The number of carbonyl (C=O) groups is 2. The Morgan fingerprint density at radius 2 is 1.93 bits per heavy atom. The second-order valence-corrected chi connectivity index (χ2v) is 6.78. The molecular weight excluding hydrogens is 391 g/mol. The van der Waals surface area contributed by atoms with Gasteiger partial charge < -0.3 is 14.2 Å². The smallest absolute Gasteiger partial charge is 0.312 e. The van der Waals surface area contributed by atoms with Gasteiger partial charge in [0.25, 0.3) is 5.91 Å². The third-order valence-corrected chi connectivity index (χ3v) is 4.69. The number of halogens is 2. The molecule has 2 aromatic carbocycles. The van der Waals surface area contributed by atoms with Gasteiger partial charge in [0, 0.05) is 19.0 Å². The second kappa shape index (κ2) is 8.41. The number of benzene rings is 2. The molecule has 0 radical (unpaired) electrons. The molecule has 8 heteroatoms. The first-order valence-corrected chi connectivity index (χ1v) is 8.86. The van der Waals surface area contributed by atoms with E-state index in [9.17, 15) is 9.59 Å². The Labute approximate surface area is 165 Å². The summed E-state index contributed by atoms with van der Waals surface area (Å²) in [6.07, 6.45) is -0.0687. The predicted molar refractivity (Wildman–Crippen MR) is 102 cm³/mol. The van der Waals surface area contributed by atoms with Gasteiger partial charge in [-0.3, -0.25) is 9.59 Å². The predicted octanol–water partition coefficient (Wildman–Crippen LogP) is 3.88. The Kier molecular flexibility index (Phi) is 5.98. The topological polar surface area (TPSA) is 72.6 Å². The van der Waals surface area contributed by atoms with Gasteiger partial charge in [-0.05, 0) is 29.8 Å². The second-order valence-electron chi connectivity index (χ2n) is 5.96. The molecule has 3 rings (SSSR count). The zero-order valence-electron chi connectivity index (χ0n) is 14.4. The first kappa shape index (κ1) is 19.2. The molecule has 0 aliphatic carbocycles. The maximum Gasteiger partial charge on any atom is 0.312 e. The van der Waals surface area contributed by atoms with E-state index in [0.29, 0.717) is 27.9 Å². The largest absolute Gasteiger partial charge is 0.455 e. The molecule has 27 heavy (non-hydrogen) atoms. The maximum atomic E-state index is 12.2. The van der Waals surface area contributed by atoms with E-state index in [-0.39, 0.29) is 18.9 Å². The molecule has 1 aromatic heterocycles. The van der Waals surface area contributed by atoms with Crippen LogP contribution >= 0.6 is 23.2 Å². The van der Waals surface area contributed by atoms with Crippen LogP contribution in [0.15, 0.2) is 47.0 Å². The highest BCUT2D eigenvalue weighted by atomic mass is 35.5. The first-order valence-electron chi connectivity index (χ1n) is 8.11. The van der Waals surface area contributed by atoms with Crippen molar-refractivity contribution in [3.8, 4) is 0 Å². The molecule has 6 nitrogen and oxygen atoms in total. The zero-order chi connectivity index (χ0) is 19.4. The third-order valence-electron chi connectivity index (χ3n) is 3.95. The number of ether oxygens (including phenoxy) is 1. The summed E-state index contributed by atoms with van der Waals surface area (Å²) >= 11 is 11.8. The normalized spacial score (nSPS) is 10.8. The Morgan fingerprint density at radius 3 is 2.70 bits per heavy atom. The molecule has 0 N–H and O–H groups in total. The lowest BCUT2D eigenvalue weighted by atomic mass is 10.2. The van der Waals surface area contributed by atoms with Gasteiger partial charge in [0.1, 0.15) is 5.69 Å². The van der Waals surface area contributed by atoms with Crippen LogP contribution in [0.4, 0.5) is 0 Å². The van der Waals surface area contributed by atoms with Gasteiger partial charge in [-0.25, -0.2) is 0 Å². The van der Waals surface area contributed by atoms with E-state index >= 15 is 0 Å². The first-order chi connectivity index (χ1) is 12.9. The summed E-state index contributed by atoms with van der Waals surface area (Å²) in [6, 6.07) is 12.4. The standard InChI is InChI=1S/C19H16Cl2N2O4/c1-23(10-12-6-7-14(20)15(21)8-12)18(24)11-26-19(25)9-16-13-4-2-3-5-17(13)27-22-16/h2-8H,9-11H2,1H3. The highest BCUT2D eigenvalue weighted by molar-refractivity contribution is 6.42. The zero-order valence-corrected chi connectivity index (χ0v) is 16.0. The maximum absolute atomic E-state index is 12.2. The van der Waals surface area contributed by atoms with Crippen LogP contribution < -0.4 is 0 Å². The van der Waals surface area contributed by atoms with E-state index in [2.05, 4.69) is 5.16 Å². The fourth-order valence-electron chi connectivity index (χ4n) is 2.51. The number of rotatable bonds is 6. The van der Waals surface area contributed by atoms with Crippen LogP contribution in [0.5, 0.6) is 0 Å². The summed E-state index contributed by atoms with van der Waals surface area (Å²) in [5.74, 6) is -0.884. The van der Waals surface area contributed by atoms with Crippen molar-refractivity contribution in [3.63, 3.8) is 0 Å². The van der Waals surface area contributed by atoms with Crippen LogP contribution in [0.1, 0.15) is 11.3 Å². The summed E-state index contributed by atoms with van der Waals surface area (Å²) in [5, 5.41) is 5.49. The summed E-state index contributed by atoms with van der Waals surface area (Å²) in [5.41, 5.74) is 1.89. The molecule has 1 heterocycles. The molecule has 0 saturated carbocycles. The summed E-state index contributed by atoms with van der Waals surface area (Å²) < 4.78 is 10.2. The molecule has 140 valence electrons. The Bertz CT molecular complexity index is 987. The van der Waals surface area contributed by atoms with Gasteiger partial charge in [0.05, 0.1) is 16.5 Å². The van der Waals surface area contributed by atoms with E-state index < -0.39 is 5.97 Å². The van der Waals surface area contributed by atoms with E-state index in [1.54, 1.807) is 31.3 Å². The summed E-state index contributed by atoms with van der Waals surface area (Å²) in [7, 11) is 1.61. The van der Waals surface area contributed by atoms with Crippen molar-refractivity contribution in [2.75, 3.05) is 13.7 Å². The van der Waals surface area contributed by atoms with Gasteiger partial charge in [-0.15, -0.1) is 0 Å². The minimum absolute atomic E-state index is 0.0687. The van der Waals surface area contributed by atoms with Crippen molar-refractivity contribution >= 4 is 46.0 Å². The summed E-state index contributed by atoms with van der Waals surface area (Å²) in [4.78, 5) is 25.6. The number of hydrogen-bond acceptors (Lipinski definition) is 5. The minimum Gasteiger partial charge on any atom is -0.455 e. The molecule has 0 spiro atoms. The van der Waals surface area contributed by atoms with Crippen molar-refractivity contribution in [1.29, 1.82) is 0 Å². The fourth-order valence-corrected chi connectivity index (χ4v) is 2.83. The average Bonchev–Trinajstić information content (AvgIpc) is 3.05. The molecular formula is C19H16Cl2N2O4. The van der Waals surface area contributed by atoms with Crippen LogP contribution in [0.3, 0.4) is 0 Å². The van der Waals surface area contributed by atoms with E-state index in [4.69, 9.17) is 32.5 Å². The average molecular weight is 407 g/mol. The molecule has 0 atom stereocenters. The number of hydrogen-bond donors (Lipinski definition) is 0. The van der Waals surface area contributed by atoms with Gasteiger partial charge in [0.15, 0.2) is 12.2 Å². The molecule has 0 fully saturated rings. The molecule has 0 aliphatic rings. The molecule has 0 bridgehead atoms. The quantitative estimate of drug-likeness (QED) is 0.580. The molecule has 0 saturated heterocycles.